The van der Waals surface area contributed by atoms with Gasteiger partial charge in [-0.3, -0.25) is 4.99 Å². The zero-order chi connectivity index (χ0) is 12.3. The molecule has 0 aliphatic rings. The summed E-state index contributed by atoms with van der Waals surface area (Å²) in [4.78, 5) is 4.45. The molecule has 0 unspecified atom stereocenters. The van der Waals surface area contributed by atoms with E-state index in [0.717, 1.165) is 22.4 Å². The number of phenolic OH excluding ortho intramolecular Hbond substituents is 1. The molecule has 0 heterocycles. The van der Waals surface area contributed by atoms with Gasteiger partial charge in [0.25, 0.3) is 0 Å². The van der Waals surface area contributed by atoms with Gasteiger partial charge in [-0.2, -0.15) is 0 Å². The van der Waals surface area contributed by atoms with E-state index in [0.29, 0.717) is 0 Å². The smallest absolute Gasteiger partial charge is 1.00 e. The largest absolute Gasteiger partial charge is 2.00 e. The maximum absolute atomic E-state index is 9.64. The number of benzene rings is 2. The standard InChI is InChI=1S/C15H15NO.2ClH.Zr/c1-11-6-5-7-12(2)15(11)16-10-13-8-3-4-9-14(13)17;;;/h3-10,17H,1-2H3;2*1H;/q;;;+2/p-2. The van der Waals surface area contributed by atoms with Crippen molar-refractivity contribution in [3.63, 3.8) is 0 Å². The van der Waals surface area contributed by atoms with E-state index < -0.39 is 0 Å². The zero-order valence-corrected chi connectivity index (χ0v) is 15.2. The minimum atomic E-state index is 0. The number of para-hydroxylation sites is 2. The van der Waals surface area contributed by atoms with E-state index in [1.165, 1.54) is 0 Å². The van der Waals surface area contributed by atoms with Gasteiger partial charge >= 0.3 is 26.2 Å². The van der Waals surface area contributed by atoms with Crippen LogP contribution in [0.2, 0.25) is 0 Å². The van der Waals surface area contributed by atoms with Crippen molar-refractivity contribution in [3.05, 3.63) is 59.2 Å². The molecule has 0 saturated heterocycles. The van der Waals surface area contributed by atoms with Gasteiger partial charge in [0.05, 0.1) is 5.69 Å². The van der Waals surface area contributed by atoms with E-state index in [4.69, 9.17) is 0 Å². The molecule has 0 radical (unpaired) electrons. The summed E-state index contributed by atoms with van der Waals surface area (Å²) in [6.45, 7) is 4.06. The maximum Gasteiger partial charge on any atom is 2.00 e. The Balaban J connectivity index is 0. The van der Waals surface area contributed by atoms with Crippen LogP contribution in [0.15, 0.2) is 47.5 Å². The number of rotatable bonds is 2. The predicted molar refractivity (Wildman–Crippen MR) is 71.3 cm³/mol. The Kier molecular flexibility index (Phi) is 11.0. The monoisotopic (exact) mass is 385 g/mol. The van der Waals surface area contributed by atoms with Gasteiger partial charge in [0.1, 0.15) is 5.75 Å². The Labute approximate surface area is 151 Å². The first kappa shape index (κ1) is 21.7. The van der Waals surface area contributed by atoms with Crippen LogP contribution in [0.1, 0.15) is 16.7 Å². The van der Waals surface area contributed by atoms with Crippen molar-refractivity contribution in [1.29, 1.82) is 0 Å². The minimum absolute atomic E-state index is 0. The quantitative estimate of drug-likeness (QED) is 0.582. The average Bonchev–Trinajstić information content (AvgIpc) is 2.30. The molecule has 20 heavy (non-hydrogen) atoms. The Bertz CT molecular complexity index is 553. The normalized spacial score (nSPS) is 9.30. The van der Waals surface area contributed by atoms with Gasteiger partial charge in [-0.05, 0) is 37.1 Å². The molecule has 0 aliphatic carbocycles. The Morgan fingerprint density at radius 2 is 1.45 bits per heavy atom. The Hall–Kier alpha value is -0.627. The second kappa shape index (κ2) is 10.2. The van der Waals surface area contributed by atoms with Crippen LogP contribution in [0.25, 0.3) is 0 Å². The molecule has 0 bridgehead atoms. The molecule has 2 nitrogen and oxygen atoms in total. The minimum Gasteiger partial charge on any atom is -1.00 e. The first-order valence-electron chi connectivity index (χ1n) is 5.57. The van der Waals surface area contributed by atoms with Crippen LogP contribution >= 0.6 is 0 Å². The van der Waals surface area contributed by atoms with Crippen molar-refractivity contribution in [1.82, 2.24) is 0 Å². The molecular formula is C15H15Cl2NOZr. The molecule has 0 atom stereocenters. The topological polar surface area (TPSA) is 32.6 Å². The molecular weight excluding hydrogens is 372 g/mol. The molecule has 0 fully saturated rings. The molecule has 104 valence electrons. The van der Waals surface area contributed by atoms with E-state index in [2.05, 4.69) is 4.99 Å². The van der Waals surface area contributed by atoms with Crippen LogP contribution in [0.4, 0.5) is 5.69 Å². The molecule has 1 N–H and O–H groups in total. The molecule has 0 aliphatic heterocycles. The molecule has 0 spiro atoms. The number of hydrogen-bond acceptors (Lipinski definition) is 2. The van der Waals surface area contributed by atoms with Crippen molar-refractivity contribution < 1.29 is 56.1 Å². The summed E-state index contributed by atoms with van der Waals surface area (Å²) in [5.41, 5.74) is 3.97. The van der Waals surface area contributed by atoms with Crippen LogP contribution < -0.4 is 24.8 Å². The molecule has 0 saturated carbocycles. The second-order valence-corrected chi connectivity index (χ2v) is 4.06. The third-order valence-electron chi connectivity index (χ3n) is 2.71. The van der Waals surface area contributed by atoms with Crippen molar-refractivity contribution in [3.8, 4) is 5.75 Å². The van der Waals surface area contributed by atoms with Gasteiger partial charge in [-0.25, -0.2) is 0 Å². The fraction of sp³-hybridized carbons (Fsp3) is 0.133. The summed E-state index contributed by atoms with van der Waals surface area (Å²) < 4.78 is 0. The molecule has 5 heteroatoms. The second-order valence-electron chi connectivity index (χ2n) is 4.06. The van der Waals surface area contributed by atoms with Gasteiger partial charge in [0.2, 0.25) is 0 Å². The van der Waals surface area contributed by atoms with Crippen molar-refractivity contribution >= 4 is 11.9 Å². The Morgan fingerprint density at radius 1 is 0.900 bits per heavy atom. The van der Waals surface area contributed by atoms with Crippen LogP contribution in [0.3, 0.4) is 0 Å². The number of phenols is 1. The van der Waals surface area contributed by atoms with E-state index in [-0.39, 0.29) is 56.8 Å². The van der Waals surface area contributed by atoms with Gasteiger partial charge in [-0.15, -0.1) is 0 Å². The van der Waals surface area contributed by atoms with Gasteiger partial charge in [-0.1, -0.05) is 30.3 Å². The summed E-state index contributed by atoms with van der Waals surface area (Å²) in [5.74, 6) is 0.252. The van der Waals surface area contributed by atoms with Crippen LogP contribution in [0.5, 0.6) is 5.75 Å². The number of aryl methyl sites for hydroxylation is 2. The number of hydrogen-bond donors (Lipinski definition) is 1. The summed E-state index contributed by atoms with van der Waals surface area (Å²) in [5, 5.41) is 9.64. The average molecular weight is 387 g/mol. The van der Waals surface area contributed by atoms with E-state index >= 15 is 0 Å². The van der Waals surface area contributed by atoms with Crippen molar-refractivity contribution in [2.24, 2.45) is 4.99 Å². The van der Waals surface area contributed by atoms with Gasteiger partial charge in [0.15, 0.2) is 0 Å². The van der Waals surface area contributed by atoms with Crippen LogP contribution in [0, 0.1) is 13.8 Å². The fourth-order valence-electron chi connectivity index (χ4n) is 1.74. The molecule has 0 aromatic heterocycles. The van der Waals surface area contributed by atoms with Crippen molar-refractivity contribution in [2.45, 2.75) is 13.8 Å². The molecule has 0 amide bonds. The summed E-state index contributed by atoms with van der Waals surface area (Å²) in [6.07, 6.45) is 1.70. The third-order valence-corrected chi connectivity index (χ3v) is 2.71. The van der Waals surface area contributed by atoms with Crippen LogP contribution in [-0.4, -0.2) is 11.3 Å². The summed E-state index contributed by atoms with van der Waals surface area (Å²) in [7, 11) is 0. The van der Waals surface area contributed by atoms with Gasteiger partial charge < -0.3 is 29.9 Å². The first-order valence-corrected chi connectivity index (χ1v) is 5.57. The summed E-state index contributed by atoms with van der Waals surface area (Å²) >= 11 is 0. The number of aliphatic imine (C=N–C) groups is 1. The zero-order valence-electron chi connectivity index (χ0n) is 11.3. The van der Waals surface area contributed by atoms with Crippen LogP contribution in [-0.2, 0) is 26.2 Å². The SMILES string of the molecule is Cc1cccc(C)c1N=Cc1ccccc1O.[Cl-].[Cl-].[Zr+2]. The molecule has 2 rings (SSSR count). The number of halogens is 2. The number of aromatic hydroxyl groups is 1. The third kappa shape index (κ3) is 5.40. The first-order chi connectivity index (χ1) is 8.18. The molecule has 2 aromatic rings. The van der Waals surface area contributed by atoms with E-state index in [1.807, 2.05) is 44.2 Å². The fourth-order valence-corrected chi connectivity index (χ4v) is 1.74. The Morgan fingerprint density at radius 3 is 2.00 bits per heavy atom. The van der Waals surface area contributed by atoms with E-state index in [1.54, 1.807) is 18.3 Å². The van der Waals surface area contributed by atoms with Gasteiger partial charge in [0, 0.05) is 11.8 Å². The number of nitrogens with zero attached hydrogens (tertiary/aromatic N) is 1. The maximum atomic E-state index is 9.64. The van der Waals surface area contributed by atoms with Crippen molar-refractivity contribution in [2.75, 3.05) is 0 Å². The van der Waals surface area contributed by atoms with E-state index in [9.17, 15) is 5.11 Å². The summed E-state index contributed by atoms with van der Waals surface area (Å²) in [6, 6.07) is 13.3. The molecule has 2 aromatic carbocycles. The predicted octanol–water partition coefficient (Wildman–Crippen LogP) is -2.23.